The molecule has 0 saturated heterocycles. The molecule has 0 amide bonds. The molecule has 0 aliphatic carbocycles. The maximum atomic E-state index is 11.7. The zero-order valence-corrected chi connectivity index (χ0v) is 9.85. The molecule has 4 heteroatoms. The van der Waals surface area contributed by atoms with Gasteiger partial charge in [-0.25, -0.2) is 0 Å². The Morgan fingerprint density at radius 1 is 1.29 bits per heavy atom. The van der Waals surface area contributed by atoms with Crippen molar-refractivity contribution >= 4 is 11.8 Å². The molecule has 4 nitrogen and oxygen atoms in total. The Morgan fingerprint density at radius 2 is 1.88 bits per heavy atom. The number of carbonyl (C=O) groups excluding carboxylic acids is 1. The van der Waals surface area contributed by atoms with Crippen molar-refractivity contribution in [1.29, 1.82) is 0 Å². The SMILES string of the molecule is CCCc1ccc(C(=O)CC(N)C(=O)O)cc1. The van der Waals surface area contributed by atoms with Crippen LogP contribution in [-0.2, 0) is 11.2 Å². The predicted octanol–water partition coefficient (Wildman–Crippen LogP) is 1.62. The van der Waals surface area contributed by atoms with Crippen LogP contribution in [0.25, 0.3) is 0 Å². The van der Waals surface area contributed by atoms with Crippen molar-refractivity contribution in [3.05, 3.63) is 35.4 Å². The number of carboxylic acid groups (broad SMARTS) is 1. The summed E-state index contributed by atoms with van der Waals surface area (Å²) in [6, 6.07) is 6.10. The maximum Gasteiger partial charge on any atom is 0.320 e. The fraction of sp³-hybridized carbons (Fsp3) is 0.385. The van der Waals surface area contributed by atoms with Crippen LogP contribution < -0.4 is 5.73 Å². The van der Waals surface area contributed by atoms with Gasteiger partial charge in [0, 0.05) is 12.0 Å². The molecule has 92 valence electrons. The third-order valence-electron chi connectivity index (χ3n) is 2.54. The molecular weight excluding hydrogens is 218 g/mol. The fourth-order valence-electron chi connectivity index (χ4n) is 1.55. The van der Waals surface area contributed by atoms with Crippen LogP contribution >= 0.6 is 0 Å². The van der Waals surface area contributed by atoms with E-state index in [0.29, 0.717) is 5.56 Å². The maximum absolute atomic E-state index is 11.7. The van der Waals surface area contributed by atoms with Crippen molar-refractivity contribution in [2.24, 2.45) is 5.73 Å². The van der Waals surface area contributed by atoms with Crippen LogP contribution in [0.5, 0.6) is 0 Å². The monoisotopic (exact) mass is 235 g/mol. The van der Waals surface area contributed by atoms with Crippen LogP contribution in [0, 0.1) is 0 Å². The molecule has 1 rings (SSSR count). The van der Waals surface area contributed by atoms with Gasteiger partial charge in [0.15, 0.2) is 5.78 Å². The molecular formula is C13H17NO3. The number of nitrogens with two attached hydrogens (primary N) is 1. The first-order valence-electron chi connectivity index (χ1n) is 5.65. The summed E-state index contributed by atoms with van der Waals surface area (Å²) in [5.74, 6) is -1.39. The van der Waals surface area contributed by atoms with E-state index in [-0.39, 0.29) is 12.2 Å². The third-order valence-corrected chi connectivity index (χ3v) is 2.54. The number of benzene rings is 1. The van der Waals surface area contributed by atoms with Gasteiger partial charge < -0.3 is 10.8 Å². The van der Waals surface area contributed by atoms with E-state index in [1.54, 1.807) is 12.1 Å². The minimum absolute atomic E-state index is 0.164. The lowest BCUT2D eigenvalue weighted by atomic mass is 10.0. The van der Waals surface area contributed by atoms with E-state index in [4.69, 9.17) is 10.8 Å². The summed E-state index contributed by atoms with van der Waals surface area (Å²) in [6.45, 7) is 2.09. The Bertz CT molecular complexity index is 398. The molecule has 0 aliphatic heterocycles. The number of hydrogen-bond acceptors (Lipinski definition) is 3. The van der Waals surface area contributed by atoms with Crippen LogP contribution in [0.4, 0.5) is 0 Å². The number of carbonyl (C=O) groups is 2. The summed E-state index contributed by atoms with van der Waals surface area (Å²) in [5, 5.41) is 8.61. The first-order valence-corrected chi connectivity index (χ1v) is 5.65. The number of carboxylic acids is 1. The lowest BCUT2D eigenvalue weighted by Gasteiger charge is -2.06. The van der Waals surface area contributed by atoms with Crippen molar-refractivity contribution in [3.63, 3.8) is 0 Å². The van der Waals surface area contributed by atoms with Gasteiger partial charge in [-0.3, -0.25) is 9.59 Å². The number of rotatable bonds is 6. The van der Waals surface area contributed by atoms with Gasteiger partial charge in [0.1, 0.15) is 6.04 Å². The average Bonchev–Trinajstić information content (AvgIpc) is 2.30. The topological polar surface area (TPSA) is 80.4 Å². The van der Waals surface area contributed by atoms with E-state index in [1.165, 1.54) is 5.56 Å². The van der Waals surface area contributed by atoms with Crippen molar-refractivity contribution < 1.29 is 14.7 Å². The lowest BCUT2D eigenvalue weighted by Crippen LogP contribution is -2.32. The molecule has 0 bridgehead atoms. The van der Waals surface area contributed by atoms with Gasteiger partial charge >= 0.3 is 5.97 Å². The van der Waals surface area contributed by atoms with Gasteiger partial charge in [-0.1, -0.05) is 37.6 Å². The van der Waals surface area contributed by atoms with Crippen LogP contribution in [0.3, 0.4) is 0 Å². The number of aliphatic carboxylic acids is 1. The van der Waals surface area contributed by atoms with Crippen LogP contribution in [0.15, 0.2) is 24.3 Å². The third kappa shape index (κ3) is 4.00. The Balaban J connectivity index is 2.66. The Kier molecular flexibility index (Phi) is 4.84. The lowest BCUT2D eigenvalue weighted by molar-refractivity contribution is -0.138. The zero-order valence-electron chi connectivity index (χ0n) is 9.85. The highest BCUT2D eigenvalue weighted by atomic mass is 16.4. The molecule has 1 aromatic carbocycles. The number of Topliss-reactive ketones (excluding diaryl/α,β-unsaturated/α-hetero) is 1. The molecule has 0 saturated carbocycles. The molecule has 0 fully saturated rings. The second-order valence-corrected chi connectivity index (χ2v) is 4.02. The van der Waals surface area contributed by atoms with E-state index < -0.39 is 12.0 Å². The summed E-state index contributed by atoms with van der Waals surface area (Å²) in [4.78, 5) is 22.2. The number of hydrogen-bond donors (Lipinski definition) is 2. The Morgan fingerprint density at radius 3 is 2.35 bits per heavy atom. The second kappa shape index (κ2) is 6.15. The zero-order chi connectivity index (χ0) is 12.8. The molecule has 1 atom stereocenters. The molecule has 1 unspecified atom stereocenters. The standard InChI is InChI=1S/C13H17NO3/c1-2-3-9-4-6-10(7-5-9)12(15)8-11(14)13(16)17/h4-7,11H,2-3,8,14H2,1H3,(H,16,17). The molecule has 3 N–H and O–H groups in total. The summed E-state index contributed by atoms with van der Waals surface area (Å²) < 4.78 is 0. The van der Waals surface area contributed by atoms with E-state index in [9.17, 15) is 9.59 Å². The van der Waals surface area contributed by atoms with Gasteiger partial charge in [-0.15, -0.1) is 0 Å². The molecule has 17 heavy (non-hydrogen) atoms. The highest BCUT2D eigenvalue weighted by molar-refractivity contribution is 5.98. The summed E-state index contributed by atoms with van der Waals surface area (Å²) in [5.41, 5.74) is 7.00. The summed E-state index contributed by atoms with van der Waals surface area (Å²) in [6.07, 6.45) is 1.86. The average molecular weight is 235 g/mol. The first kappa shape index (κ1) is 13.4. The van der Waals surface area contributed by atoms with Gasteiger partial charge in [-0.2, -0.15) is 0 Å². The second-order valence-electron chi connectivity index (χ2n) is 4.02. The molecule has 0 aromatic heterocycles. The minimum atomic E-state index is -1.15. The minimum Gasteiger partial charge on any atom is -0.480 e. The Hall–Kier alpha value is -1.68. The van der Waals surface area contributed by atoms with Crippen LogP contribution in [0.1, 0.15) is 35.7 Å². The molecule has 0 radical (unpaired) electrons. The highest BCUT2D eigenvalue weighted by Gasteiger charge is 2.17. The normalized spacial score (nSPS) is 12.1. The Labute approximate surface area is 100 Å². The fourth-order valence-corrected chi connectivity index (χ4v) is 1.55. The van der Waals surface area contributed by atoms with Gasteiger partial charge in [0.2, 0.25) is 0 Å². The number of aryl methyl sites for hydroxylation is 1. The molecule has 0 spiro atoms. The largest absolute Gasteiger partial charge is 0.480 e. The van der Waals surface area contributed by atoms with Crippen molar-refractivity contribution in [3.8, 4) is 0 Å². The van der Waals surface area contributed by atoms with Crippen molar-refractivity contribution in [2.75, 3.05) is 0 Å². The summed E-state index contributed by atoms with van der Waals surface area (Å²) in [7, 11) is 0. The first-order chi connectivity index (χ1) is 8.04. The summed E-state index contributed by atoms with van der Waals surface area (Å²) >= 11 is 0. The number of ketones is 1. The van der Waals surface area contributed by atoms with Crippen LogP contribution in [-0.4, -0.2) is 22.9 Å². The van der Waals surface area contributed by atoms with E-state index in [2.05, 4.69) is 6.92 Å². The highest BCUT2D eigenvalue weighted by Crippen LogP contribution is 2.09. The van der Waals surface area contributed by atoms with E-state index in [1.807, 2.05) is 12.1 Å². The van der Waals surface area contributed by atoms with Gasteiger partial charge in [0.05, 0.1) is 0 Å². The van der Waals surface area contributed by atoms with E-state index >= 15 is 0 Å². The molecule has 0 heterocycles. The quantitative estimate of drug-likeness (QED) is 0.734. The van der Waals surface area contributed by atoms with Gasteiger partial charge in [0.25, 0.3) is 0 Å². The molecule has 0 aliphatic rings. The van der Waals surface area contributed by atoms with Gasteiger partial charge in [-0.05, 0) is 12.0 Å². The van der Waals surface area contributed by atoms with Crippen LogP contribution in [0.2, 0.25) is 0 Å². The van der Waals surface area contributed by atoms with Crippen molar-refractivity contribution in [2.45, 2.75) is 32.2 Å². The molecule has 1 aromatic rings. The van der Waals surface area contributed by atoms with E-state index in [0.717, 1.165) is 12.8 Å². The smallest absolute Gasteiger partial charge is 0.320 e. The predicted molar refractivity (Wildman–Crippen MR) is 65.0 cm³/mol. The van der Waals surface area contributed by atoms with Crippen molar-refractivity contribution in [1.82, 2.24) is 0 Å².